The lowest BCUT2D eigenvalue weighted by atomic mass is 9.85. The molecular formula is C33H40Cl2N4O7S. The van der Waals surface area contributed by atoms with E-state index in [1.54, 1.807) is 49.5 Å². The highest BCUT2D eigenvalue weighted by molar-refractivity contribution is 7.89. The van der Waals surface area contributed by atoms with E-state index in [-0.39, 0.29) is 35.8 Å². The van der Waals surface area contributed by atoms with E-state index in [0.29, 0.717) is 60.8 Å². The van der Waals surface area contributed by atoms with E-state index < -0.39 is 10.0 Å². The second-order valence-electron chi connectivity index (χ2n) is 10.9. The minimum Gasteiger partial charge on any atom is -0.378 e. The van der Waals surface area contributed by atoms with Crippen LogP contribution in [0.4, 0.5) is 0 Å². The van der Waals surface area contributed by atoms with Crippen LogP contribution in [0, 0.1) is 0 Å². The van der Waals surface area contributed by atoms with E-state index in [9.17, 15) is 18.0 Å². The lowest BCUT2D eigenvalue weighted by Crippen LogP contribution is -2.31. The van der Waals surface area contributed by atoms with Crippen LogP contribution in [0.15, 0.2) is 65.6 Å². The van der Waals surface area contributed by atoms with Crippen LogP contribution in [0.5, 0.6) is 0 Å². The average molecular weight is 708 g/mol. The fourth-order valence-corrected chi connectivity index (χ4v) is 6.72. The topological polar surface area (TPSA) is 135 Å². The standard InChI is InChI=1S/C33H40Cl2N4O7S/c1-36-32(40)24-3-5-25(6-4-24)33(41)37-11-13-44-15-17-46-18-16-45-14-12-38-47(42,43)27-9-7-23(8-10-27)29-21-39(2)22-30-28(29)19-26(34)20-31(30)35/h3-10,19-20,29,38H,11-18,21-22H2,1-2H3,(H,36,40)(H,37,41)/t29-/m0/s1. The molecule has 0 saturated heterocycles. The van der Waals surface area contributed by atoms with Gasteiger partial charge in [-0.3, -0.25) is 9.59 Å². The molecule has 0 radical (unpaired) electrons. The monoisotopic (exact) mass is 706 g/mol. The molecule has 0 aliphatic carbocycles. The maximum Gasteiger partial charge on any atom is 0.251 e. The Kier molecular flexibility index (Phi) is 14.0. The zero-order valence-corrected chi connectivity index (χ0v) is 28.7. The Labute approximate surface area is 285 Å². The van der Waals surface area contributed by atoms with E-state index in [1.165, 1.54) is 0 Å². The third-order valence-electron chi connectivity index (χ3n) is 7.54. The number of nitrogens with zero attached hydrogens (tertiary/aromatic N) is 1. The lowest BCUT2D eigenvalue weighted by molar-refractivity contribution is 0.0162. The number of ether oxygens (including phenoxy) is 3. The van der Waals surface area contributed by atoms with Gasteiger partial charge in [-0.25, -0.2) is 13.1 Å². The molecule has 1 atom stereocenters. The number of hydrogen-bond acceptors (Lipinski definition) is 8. The molecule has 11 nitrogen and oxygen atoms in total. The molecule has 1 aliphatic rings. The third-order valence-corrected chi connectivity index (χ3v) is 9.57. The first-order valence-corrected chi connectivity index (χ1v) is 17.4. The predicted molar refractivity (Wildman–Crippen MR) is 181 cm³/mol. The molecule has 1 aliphatic heterocycles. The summed E-state index contributed by atoms with van der Waals surface area (Å²) in [4.78, 5) is 26.1. The van der Waals surface area contributed by atoms with Crippen LogP contribution in [0.3, 0.4) is 0 Å². The summed E-state index contributed by atoms with van der Waals surface area (Å²) in [6.45, 7) is 3.79. The maximum absolute atomic E-state index is 12.8. The minimum absolute atomic E-state index is 0.0209. The second kappa shape index (κ2) is 17.9. The minimum atomic E-state index is -3.70. The predicted octanol–water partition coefficient (Wildman–Crippen LogP) is 3.69. The summed E-state index contributed by atoms with van der Waals surface area (Å²) in [5, 5.41) is 6.50. The Morgan fingerprint density at radius 3 is 2.02 bits per heavy atom. The van der Waals surface area contributed by atoms with Crippen molar-refractivity contribution in [3.63, 3.8) is 0 Å². The summed E-state index contributed by atoms with van der Waals surface area (Å²) >= 11 is 12.8. The first-order valence-electron chi connectivity index (χ1n) is 15.2. The largest absolute Gasteiger partial charge is 0.378 e. The van der Waals surface area contributed by atoms with E-state index in [0.717, 1.165) is 29.8 Å². The third kappa shape index (κ3) is 10.7. The molecule has 0 bridgehead atoms. The van der Waals surface area contributed by atoms with Crippen LogP contribution in [0.25, 0.3) is 0 Å². The van der Waals surface area contributed by atoms with Crippen molar-refractivity contribution in [1.82, 2.24) is 20.3 Å². The van der Waals surface area contributed by atoms with Gasteiger partial charge >= 0.3 is 0 Å². The van der Waals surface area contributed by atoms with Gasteiger partial charge in [-0.05, 0) is 72.3 Å². The van der Waals surface area contributed by atoms with Crippen molar-refractivity contribution in [3.05, 3.63) is 98.5 Å². The Morgan fingerprint density at radius 1 is 0.830 bits per heavy atom. The van der Waals surface area contributed by atoms with Gasteiger partial charge in [-0.2, -0.15) is 0 Å². The molecule has 0 spiro atoms. The van der Waals surface area contributed by atoms with Gasteiger partial charge in [0.2, 0.25) is 10.0 Å². The van der Waals surface area contributed by atoms with Crippen LogP contribution in [0.1, 0.15) is 43.3 Å². The average Bonchev–Trinajstić information content (AvgIpc) is 3.06. The molecule has 2 amide bonds. The molecule has 3 aromatic carbocycles. The van der Waals surface area contributed by atoms with Crippen molar-refractivity contribution < 1.29 is 32.2 Å². The molecule has 0 aromatic heterocycles. The van der Waals surface area contributed by atoms with Gasteiger partial charge in [0.25, 0.3) is 11.8 Å². The van der Waals surface area contributed by atoms with Crippen molar-refractivity contribution in [3.8, 4) is 0 Å². The number of likely N-dealkylation sites (N-methyl/N-ethyl adjacent to an activating group) is 1. The lowest BCUT2D eigenvalue weighted by Gasteiger charge is -2.33. The van der Waals surface area contributed by atoms with Crippen molar-refractivity contribution in [2.75, 3.05) is 73.4 Å². The molecule has 0 fully saturated rings. The number of hydrogen-bond donors (Lipinski definition) is 3. The van der Waals surface area contributed by atoms with Crippen molar-refractivity contribution in [2.24, 2.45) is 0 Å². The van der Waals surface area contributed by atoms with Gasteiger partial charge in [0.15, 0.2) is 0 Å². The molecule has 14 heteroatoms. The first-order chi connectivity index (χ1) is 22.6. The van der Waals surface area contributed by atoms with Crippen LogP contribution in [0.2, 0.25) is 10.0 Å². The number of carbonyl (C=O) groups excluding carboxylic acids is 2. The van der Waals surface area contributed by atoms with E-state index in [2.05, 4.69) is 20.3 Å². The maximum atomic E-state index is 12.8. The van der Waals surface area contributed by atoms with Crippen LogP contribution >= 0.6 is 23.2 Å². The molecule has 0 saturated carbocycles. The Bertz CT molecular complexity index is 1610. The molecule has 3 aromatic rings. The normalized spacial score (nSPS) is 14.9. The molecule has 0 unspecified atom stereocenters. The van der Waals surface area contributed by atoms with Crippen molar-refractivity contribution >= 4 is 45.0 Å². The molecule has 47 heavy (non-hydrogen) atoms. The summed E-state index contributed by atoms with van der Waals surface area (Å²) in [6.07, 6.45) is 0. The van der Waals surface area contributed by atoms with Gasteiger partial charge in [0.05, 0.1) is 44.5 Å². The van der Waals surface area contributed by atoms with Crippen molar-refractivity contribution in [2.45, 2.75) is 17.4 Å². The van der Waals surface area contributed by atoms with Gasteiger partial charge in [-0.1, -0.05) is 35.3 Å². The quantitative estimate of drug-likeness (QED) is 0.181. The second-order valence-corrected chi connectivity index (χ2v) is 13.5. The fourth-order valence-electron chi connectivity index (χ4n) is 5.14. The summed E-state index contributed by atoms with van der Waals surface area (Å²) in [6, 6.07) is 16.9. The van der Waals surface area contributed by atoms with Crippen LogP contribution in [-0.4, -0.2) is 98.5 Å². The summed E-state index contributed by atoms with van der Waals surface area (Å²) in [7, 11) is -0.130. The number of rotatable bonds is 17. The summed E-state index contributed by atoms with van der Waals surface area (Å²) in [5.74, 6) is -0.446. The van der Waals surface area contributed by atoms with Gasteiger partial charge in [0, 0.05) is 60.3 Å². The van der Waals surface area contributed by atoms with Crippen LogP contribution in [-0.2, 0) is 30.8 Å². The number of benzene rings is 3. The molecular weight excluding hydrogens is 667 g/mol. The molecule has 3 N–H and O–H groups in total. The highest BCUT2D eigenvalue weighted by atomic mass is 35.5. The molecule has 254 valence electrons. The first kappa shape index (κ1) is 36.8. The number of nitrogens with one attached hydrogen (secondary N) is 3. The fraction of sp³-hybridized carbons (Fsp3) is 0.394. The Morgan fingerprint density at radius 2 is 1.40 bits per heavy atom. The number of amides is 2. The van der Waals surface area contributed by atoms with Gasteiger partial charge in [0.1, 0.15) is 0 Å². The molecule has 1 heterocycles. The number of halogens is 2. The smallest absolute Gasteiger partial charge is 0.251 e. The van der Waals surface area contributed by atoms with Gasteiger partial charge < -0.3 is 29.7 Å². The van der Waals surface area contributed by atoms with E-state index in [4.69, 9.17) is 37.4 Å². The SMILES string of the molecule is CNC(=O)c1ccc(C(=O)NCCOCCOCCOCCNS(=O)(=O)c2ccc([C@@H]3CN(C)Cc4c(Cl)cc(Cl)cc43)cc2)cc1. The van der Waals surface area contributed by atoms with Crippen LogP contribution < -0.4 is 15.4 Å². The van der Waals surface area contributed by atoms with E-state index >= 15 is 0 Å². The van der Waals surface area contributed by atoms with Gasteiger partial charge in [-0.15, -0.1) is 0 Å². The van der Waals surface area contributed by atoms with E-state index in [1.807, 2.05) is 25.2 Å². The molecule has 4 rings (SSSR count). The number of carbonyl (C=O) groups is 2. The summed E-state index contributed by atoms with van der Waals surface area (Å²) < 4.78 is 44.6. The van der Waals surface area contributed by atoms with Crippen molar-refractivity contribution in [1.29, 1.82) is 0 Å². The highest BCUT2D eigenvalue weighted by Crippen LogP contribution is 2.38. The highest BCUT2D eigenvalue weighted by Gasteiger charge is 2.27. The number of sulfonamides is 1. The Balaban J connectivity index is 1.06. The Hall–Kier alpha value is -3.07. The zero-order valence-electron chi connectivity index (χ0n) is 26.4. The zero-order chi connectivity index (χ0) is 33.8. The number of fused-ring (bicyclic) bond motifs is 1. The summed E-state index contributed by atoms with van der Waals surface area (Å²) in [5.41, 5.74) is 4.02.